The first-order valence-electron chi connectivity index (χ1n) is 15.4. The van der Waals surface area contributed by atoms with Gasteiger partial charge in [0.1, 0.15) is 23.3 Å². The fourth-order valence-corrected chi connectivity index (χ4v) is 6.74. The Morgan fingerprint density at radius 1 is 1.00 bits per heavy atom. The number of amides is 2. The molecule has 2 aromatic carbocycles. The van der Waals surface area contributed by atoms with Crippen LogP contribution in [0.1, 0.15) is 92.2 Å². The number of nitrogens with one attached hydrogen (secondary N) is 1. The summed E-state index contributed by atoms with van der Waals surface area (Å²) in [5.41, 5.74) is 0.268. The average Bonchev–Trinajstić information content (AvgIpc) is 3.42. The van der Waals surface area contributed by atoms with Gasteiger partial charge in [0.25, 0.3) is 11.8 Å². The molecule has 0 saturated carbocycles. The zero-order chi connectivity index (χ0) is 34.4. The second kappa shape index (κ2) is 13.1. The van der Waals surface area contributed by atoms with E-state index in [-0.39, 0.29) is 12.6 Å². The van der Waals surface area contributed by atoms with Crippen LogP contribution < -0.4 is 4.72 Å². The van der Waals surface area contributed by atoms with Gasteiger partial charge in [-0.05, 0) is 70.0 Å². The minimum absolute atomic E-state index is 0.0381. The quantitative estimate of drug-likeness (QED) is 0.0910. The molecule has 1 aliphatic rings. The summed E-state index contributed by atoms with van der Waals surface area (Å²) in [6.07, 6.45) is -4.94. The Morgan fingerprint density at radius 2 is 1.59 bits per heavy atom. The highest BCUT2D eigenvalue weighted by molar-refractivity contribution is 7.90. The Labute approximate surface area is 273 Å². The molecule has 1 aliphatic heterocycles. The molecule has 252 valence electrons. The van der Waals surface area contributed by atoms with Crippen molar-refractivity contribution in [2.45, 2.75) is 103 Å². The van der Waals surface area contributed by atoms with E-state index >= 15 is 0 Å². The third-order valence-electron chi connectivity index (χ3n) is 8.31. The third-order valence-corrected chi connectivity index (χ3v) is 11.6. The number of imide groups is 1. The summed E-state index contributed by atoms with van der Waals surface area (Å²) in [6, 6.07) is 11.2. The van der Waals surface area contributed by atoms with Crippen LogP contribution in [0, 0.1) is 5.41 Å². The van der Waals surface area contributed by atoms with Crippen LogP contribution in [0.3, 0.4) is 0 Å². The highest BCUT2D eigenvalue weighted by Gasteiger charge is 2.50. The van der Waals surface area contributed by atoms with E-state index < -0.39 is 66.1 Å². The first kappa shape index (κ1) is 36.1. The minimum Gasteiger partial charge on any atom is -0.598 e. The smallest absolute Gasteiger partial charge is 0.394 e. The van der Waals surface area contributed by atoms with Crippen molar-refractivity contribution >= 4 is 42.3 Å². The highest BCUT2D eigenvalue weighted by atomic mass is 32.2. The first-order valence-corrected chi connectivity index (χ1v) is 20.3. The van der Waals surface area contributed by atoms with Crippen LogP contribution in [0.2, 0.25) is 25.7 Å². The molecule has 13 heteroatoms. The molecule has 0 spiro atoms. The van der Waals surface area contributed by atoms with Crippen molar-refractivity contribution in [2.24, 2.45) is 5.41 Å². The monoisotopic (exact) mass is 678 g/mol. The van der Waals surface area contributed by atoms with Crippen molar-refractivity contribution in [1.29, 1.82) is 0 Å². The normalized spacial score (nSPS) is 16.7. The highest BCUT2D eigenvalue weighted by Crippen LogP contribution is 2.44. The SMILES string of the molecule is C[C@H](c1ccc2c(c1)nc([C@@H](CC(C)(C)C(F)(F)F)N[S+]([O-])C(C)(C)C)n2COCC[Si](C)(C)C)N1C(=O)c2ccccc2C1=O. The van der Waals surface area contributed by atoms with Crippen molar-refractivity contribution in [3.63, 3.8) is 0 Å². The predicted octanol–water partition coefficient (Wildman–Crippen LogP) is 7.78. The number of alkyl halides is 3. The Kier molecular flexibility index (Phi) is 10.3. The number of halogens is 3. The summed E-state index contributed by atoms with van der Waals surface area (Å²) in [5, 5.41) is 0. The number of nitrogens with zero attached hydrogens (tertiary/aromatic N) is 3. The van der Waals surface area contributed by atoms with Gasteiger partial charge < -0.3 is 13.9 Å². The summed E-state index contributed by atoms with van der Waals surface area (Å²) in [7, 11) is -1.42. The largest absolute Gasteiger partial charge is 0.598 e. The molecule has 2 amide bonds. The third kappa shape index (κ3) is 7.70. The van der Waals surface area contributed by atoms with Crippen LogP contribution in [-0.4, -0.2) is 56.4 Å². The summed E-state index contributed by atoms with van der Waals surface area (Å²) >= 11 is -1.71. The minimum atomic E-state index is -4.52. The van der Waals surface area contributed by atoms with E-state index in [0.717, 1.165) is 19.9 Å². The van der Waals surface area contributed by atoms with Crippen LogP contribution in [0.15, 0.2) is 42.5 Å². The van der Waals surface area contributed by atoms with Gasteiger partial charge >= 0.3 is 6.18 Å². The fourth-order valence-electron chi connectivity index (χ4n) is 5.19. The van der Waals surface area contributed by atoms with Crippen molar-refractivity contribution < 1.29 is 32.0 Å². The van der Waals surface area contributed by atoms with Gasteiger partial charge in [0, 0.05) is 26.0 Å². The van der Waals surface area contributed by atoms with Crippen LogP contribution >= 0.6 is 0 Å². The van der Waals surface area contributed by atoms with E-state index in [9.17, 15) is 27.3 Å². The molecular formula is C33H45F3N4O4SSi. The van der Waals surface area contributed by atoms with E-state index in [0.29, 0.717) is 34.3 Å². The van der Waals surface area contributed by atoms with Crippen LogP contribution in [0.4, 0.5) is 13.2 Å². The van der Waals surface area contributed by atoms with E-state index in [1.165, 1.54) is 4.90 Å². The number of aromatic nitrogens is 2. The fraction of sp³-hybridized carbons (Fsp3) is 0.545. The number of hydrogen-bond donors (Lipinski definition) is 1. The van der Waals surface area contributed by atoms with Gasteiger partial charge in [0.05, 0.1) is 33.6 Å². The molecule has 1 N–H and O–H groups in total. The summed E-state index contributed by atoms with van der Waals surface area (Å²) in [4.78, 5) is 32.4. The molecule has 4 rings (SSSR count). The van der Waals surface area contributed by atoms with Gasteiger partial charge in [-0.2, -0.15) is 13.2 Å². The Morgan fingerprint density at radius 3 is 2.11 bits per heavy atom. The van der Waals surface area contributed by atoms with Crippen molar-refractivity contribution in [3.8, 4) is 0 Å². The van der Waals surface area contributed by atoms with Crippen molar-refractivity contribution in [2.75, 3.05) is 6.61 Å². The molecule has 0 bridgehead atoms. The number of benzene rings is 2. The lowest BCUT2D eigenvalue weighted by Crippen LogP contribution is -2.45. The lowest BCUT2D eigenvalue weighted by Gasteiger charge is -2.34. The molecular weight excluding hydrogens is 634 g/mol. The van der Waals surface area contributed by atoms with Gasteiger partial charge in [0.15, 0.2) is 0 Å². The molecule has 8 nitrogen and oxygen atoms in total. The lowest BCUT2D eigenvalue weighted by atomic mass is 9.85. The van der Waals surface area contributed by atoms with Gasteiger partial charge in [-0.3, -0.25) is 14.5 Å². The van der Waals surface area contributed by atoms with Crippen LogP contribution in [0.5, 0.6) is 0 Å². The van der Waals surface area contributed by atoms with E-state index in [2.05, 4.69) is 24.4 Å². The van der Waals surface area contributed by atoms with Gasteiger partial charge in [-0.15, -0.1) is 4.72 Å². The molecule has 0 saturated heterocycles. The Balaban J connectivity index is 1.78. The number of ether oxygens (including phenoxy) is 1. The Bertz CT molecular complexity index is 1560. The summed E-state index contributed by atoms with van der Waals surface area (Å²) in [6.45, 7) is 16.4. The van der Waals surface area contributed by atoms with Crippen LogP contribution in [-0.2, 0) is 22.8 Å². The summed E-state index contributed by atoms with van der Waals surface area (Å²) < 4.78 is 65.9. The van der Waals surface area contributed by atoms with Gasteiger partial charge in [-0.25, -0.2) is 4.98 Å². The molecule has 3 aromatic rings. The Hall–Kier alpha value is -2.71. The molecule has 0 aliphatic carbocycles. The van der Waals surface area contributed by atoms with E-state index in [4.69, 9.17) is 9.72 Å². The maximum absolute atomic E-state index is 14.2. The second-order valence-electron chi connectivity index (χ2n) is 14.8. The zero-order valence-corrected chi connectivity index (χ0v) is 29.9. The maximum Gasteiger partial charge on any atom is 0.394 e. The lowest BCUT2D eigenvalue weighted by molar-refractivity contribution is -0.215. The average molecular weight is 679 g/mol. The number of carbonyl (C=O) groups is 2. The number of rotatable bonds is 12. The number of fused-ring (bicyclic) bond motifs is 2. The molecule has 0 fully saturated rings. The summed E-state index contributed by atoms with van der Waals surface area (Å²) in [5.74, 6) is -0.513. The zero-order valence-electron chi connectivity index (χ0n) is 28.0. The number of carbonyl (C=O) groups excluding carboxylic acids is 2. The molecule has 3 atom stereocenters. The topological polar surface area (TPSA) is 99.5 Å². The number of hydrogen-bond acceptors (Lipinski definition) is 6. The molecule has 46 heavy (non-hydrogen) atoms. The number of imidazole rings is 1. The molecule has 1 aromatic heterocycles. The molecule has 0 radical (unpaired) electrons. The van der Waals surface area contributed by atoms with Gasteiger partial charge in [0.2, 0.25) is 0 Å². The van der Waals surface area contributed by atoms with Crippen molar-refractivity contribution in [1.82, 2.24) is 19.2 Å². The predicted molar refractivity (Wildman–Crippen MR) is 177 cm³/mol. The van der Waals surface area contributed by atoms with E-state index in [1.54, 1.807) is 74.7 Å². The second-order valence-corrected chi connectivity index (χ2v) is 22.5. The standard InChI is InChI=1S/C33H45F3N4O4SSi/c1-21(40-29(41)23-12-10-11-13-24(23)30(40)42)22-14-15-27-25(18-22)37-28(39(27)20-44-16-17-46(7,8)9)26(38-45(43)31(2,3)4)19-32(5,6)33(34,35)36/h10-15,18,21,26,38H,16-17,19-20H2,1-9H3/t21-,26-,45?/m1/s1. The van der Waals surface area contributed by atoms with E-state index in [1.807, 2.05) is 0 Å². The molecule has 2 heterocycles. The first-order chi connectivity index (χ1) is 21.1. The van der Waals surface area contributed by atoms with Gasteiger partial charge in [-0.1, -0.05) is 51.7 Å². The maximum atomic E-state index is 14.2. The van der Waals surface area contributed by atoms with Crippen molar-refractivity contribution in [3.05, 3.63) is 65.0 Å². The molecule has 1 unspecified atom stereocenters. The van der Waals surface area contributed by atoms with Crippen LogP contribution in [0.25, 0.3) is 11.0 Å².